The Bertz CT molecular complexity index is 362. The van der Waals surface area contributed by atoms with Crippen LogP contribution in [0.5, 0.6) is 0 Å². The third kappa shape index (κ3) is 3.40. The summed E-state index contributed by atoms with van der Waals surface area (Å²) < 4.78 is 30.7. The number of Topliss-reactive ketones (excluding diaryl/α,β-unsaturated/α-hetero) is 1. The molecule has 0 unspecified atom stereocenters. The first-order valence-corrected chi connectivity index (χ1v) is 4.60. The molecule has 0 saturated heterocycles. The van der Waals surface area contributed by atoms with E-state index in [0.717, 1.165) is 12.1 Å². The molecule has 0 atom stereocenters. The van der Waals surface area contributed by atoms with Gasteiger partial charge in [0, 0.05) is 6.07 Å². The Labute approximate surface area is 86.9 Å². The fourth-order valence-electron chi connectivity index (χ4n) is 1.04. The number of hydrogen-bond acceptors (Lipinski definition) is 2. The molecule has 82 valence electrons. The van der Waals surface area contributed by atoms with Gasteiger partial charge in [-0.25, -0.2) is 8.78 Å². The molecule has 1 rings (SSSR count). The Morgan fingerprint density at radius 2 is 2.07 bits per heavy atom. The Morgan fingerprint density at radius 3 is 2.60 bits per heavy atom. The van der Waals surface area contributed by atoms with Crippen LogP contribution in [0, 0.1) is 11.6 Å². The number of benzene rings is 1. The SMILES string of the molecule is CC(C)OCC(=O)c1ccc(F)cc1F. The Morgan fingerprint density at radius 1 is 1.40 bits per heavy atom. The van der Waals surface area contributed by atoms with E-state index in [2.05, 4.69) is 0 Å². The van der Waals surface area contributed by atoms with E-state index in [1.807, 2.05) is 0 Å². The molecular weight excluding hydrogens is 202 g/mol. The quantitative estimate of drug-likeness (QED) is 0.720. The number of hydrogen-bond donors (Lipinski definition) is 0. The summed E-state index contributed by atoms with van der Waals surface area (Å²) in [4.78, 5) is 11.4. The summed E-state index contributed by atoms with van der Waals surface area (Å²) in [5, 5.41) is 0. The first-order chi connectivity index (χ1) is 7.00. The standard InChI is InChI=1S/C11H12F2O2/c1-7(2)15-6-11(14)9-4-3-8(12)5-10(9)13/h3-5,7H,6H2,1-2H3. The number of carbonyl (C=O) groups is 1. The van der Waals surface area contributed by atoms with E-state index < -0.39 is 17.4 Å². The minimum absolute atomic E-state index is 0.0996. The highest BCUT2D eigenvalue weighted by Crippen LogP contribution is 2.10. The zero-order chi connectivity index (χ0) is 11.4. The van der Waals surface area contributed by atoms with Crippen molar-refractivity contribution in [2.24, 2.45) is 0 Å². The molecule has 1 aromatic rings. The van der Waals surface area contributed by atoms with Gasteiger partial charge in [-0.3, -0.25) is 4.79 Å². The predicted octanol–water partition coefficient (Wildman–Crippen LogP) is 2.57. The average molecular weight is 214 g/mol. The number of carbonyl (C=O) groups excluding carboxylic acids is 1. The maximum atomic E-state index is 13.1. The summed E-state index contributed by atoms with van der Waals surface area (Å²) in [7, 11) is 0. The molecule has 0 heterocycles. The molecule has 0 aliphatic carbocycles. The van der Waals surface area contributed by atoms with Crippen molar-refractivity contribution in [3.8, 4) is 0 Å². The fraction of sp³-hybridized carbons (Fsp3) is 0.364. The van der Waals surface area contributed by atoms with Crippen molar-refractivity contribution in [2.75, 3.05) is 6.61 Å². The molecule has 0 bridgehead atoms. The van der Waals surface area contributed by atoms with Gasteiger partial charge in [-0.15, -0.1) is 0 Å². The molecule has 0 aliphatic heterocycles. The number of ether oxygens (including phenoxy) is 1. The number of halogens is 2. The van der Waals surface area contributed by atoms with Gasteiger partial charge in [-0.1, -0.05) is 0 Å². The topological polar surface area (TPSA) is 26.3 Å². The third-order valence-corrected chi connectivity index (χ3v) is 1.78. The third-order valence-electron chi connectivity index (χ3n) is 1.78. The second kappa shape index (κ2) is 4.98. The van der Waals surface area contributed by atoms with Crippen molar-refractivity contribution >= 4 is 5.78 Å². The Balaban J connectivity index is 2.74. The molecule has 15 heavy (non-hydrogen) atoms. The van der Waals surface area contributed by atoms with E-state index in [9.17, 15) is 13.6 Å². The van der Waals surface area contributed by atoms with Crippen molar-refractivity contribution in [1.29, 1.82) is 0 Å². The molecule has 4 heteroatoms. The smallest absolute Gasteiger partial charge is 0.191 e. The van der Waals surface area contributed by atoms with E-state index in [4.69, 9.17) is 4.74 Å². The van der Waals surface area contributed by atoms with Crippen LogP contribution in [0.3, 0.4) is 0 Å². The van der Waals surface area contributed by atoms with Crippen LogP contribution in [0.1, 0.15) is 24.2 Å². The van der Waals surface area contributed by atoms with E-state index in [0.29, 0.717) is 6.07 Å². The second-order valence-corrected chi connectivity index (χ2v) is 3.41. The monoisotopic (exact) mass is 214 g/mol. The van der Waals surface area contributed by atoms with Crippen LogP contribution >= 0.6 is 0 Å². The molecule has 0 fully saturated rings. The van der Waals surface area contributed by atoms with E-state index in [1.165, 1.54) is 0 Å². The van der Waals surface area contributed by atoms with E-state index in [1.54, 1.807) is 13.8 Å². The molecule has 1 aromatic carbocycles. The summed E-state index contributed by atoms with van der Waals surface area (Å²) in [6.45, 7) is 3.35. The van der Waals surface area contributed by atoms with Crippen LogP contribution in [0.25, 0.3) is 0 Å². The normalized spacial score (nSPS) is 10.7. The van der Waals surface area contributed by atoms with Gasteiger partial charge in [0.25, 0.3) is 0 Å². The van der Waals surface area contributed by atoms with Crippen molar-refractivity contribution in [2.45, 2.75) is 20.0 Å². The molecule has 0 amide bonds. The molecule has 0 spiro atoms. The second-order valence-electron chi connectivity index (χ2n) is 3.41. The highest BCUT2D eigenvalue weighted by atomic mass is 19.1. The van der Waals surface area contributed by atoms with Crippen molar-refractivity contribution in [3.63, 3.8) is 0 Å². The van der Waals surface area contributed by atoms with Crippen LogP contribution in [-0.2, 0) is 4.74 Å². The van der Waals surface area contributed by atoms with E-state index >= 15 is 0 Å². The van der Waals surface area contributed by atoms with Gasteiger partial charge in [0.05, 0.1) is 11.7 Å². The number of rotatable bonds is 4. The predicted molar refractivity (Wildman–Crippen MR) is 51.8 cm³/mol. The van der Waals surface area contributed by atoms with Gasteiger partial charge in [0.2, 0.25) is 0 Å². The summed E-state index contributed by atoms with van der Waals surface area (Å²) in [5.74, 6) is -2.04. The molecular formula is C11H12F2O2. The summed E-state index contributed by atoms with van der Waals surface area (Å²) in [6.07, 6.45) is -0.0996. The molecule has 0 radical (unpaired) electrons. The molecule has 0 N–H and O–H groups in total. The molecule has 0 saturated carbocycles. The van der Waals surface area contributed by atoms with Gasteiger partial charge >= 0.3 is 0 Å². The zero-order valence-electron chi connectivity index (χ0n) is 8.59. The molecule has 0 aromatic heterocycles. The summed E-state index contributed by atoms with van der Waals surface area (Å²) >= 11 is 0. The lowest BCUT2D eigenvalue weighted by molar-refractivity contribution is 0.0581. The summed E-state index contributed by atoms with van der Waals surface area (Å²) in [5.41, 5.74) is -0.142. The Hall–Kier alpha value is -1.29. The van der Waals surface area contributed by atoms with Gasteiger partial charge in [0.15, 0.2) is 5.78 Å². The number of ketones is 1. The lowest BCUT2D eigenvalue weighted by Crippen LogP contribution is -2.14. The van der Waals surface area contributed by atoms with Gasteiger partial charge < -0.3 is 4.74 Å². The van der Waals surface area contributed by atoms with Crippen molar-refractivity contribution < 1.29 is 18.3 Å². The fourth-order valence-corrected chi connectivity index (χ4v) is 1.04. The first-order valence-electron chi connectivity index (χ1n) is 4.60. The van der Waals surface area contributed by atoms with Gasteiger partial charge in [-0.05, 0) is 26.0 Å². The maximum Gasteiger partial charge on any atom is 0.191 e. The van der Waals surface area contributed by atoms with Crippen molar-refractivity contribution in [3.05, 3.63) is 35.4 Å². The Kier molecular flexibility index (Phi) is 3.91. The molecule has 0 aliphatic rings. The minimum Gasteiger partial charge on any atom is -0.371 e. The zero-order valence-corrected chi connectivity index (χ0v) is 8.59. The largest absolute Gasteiger partial charge is 0.371 e. The van der Waals surface area contributed by atoms with Crippen LogP contribution in [0.2, 0.25) is 0 Å². The highest BCUT2D eigenvalue weighted by molar-refractivity contribution is 5.97. The van der Waals surface area contributed by atoms with Gasteiger partial charge in [0.1, 0.15) is 18.2 Å². The average Bonchev–Trinajstić information content (AvgIpc) is 2.14. The van der Waals surface area contributed by atoms with Crippen LogP contribution in [0.4, 0.5) is 8.78 Å². The maximum absolute atomic E-state index is 13.1. The lowest BCUT2D eigenvalue weighted by atomic mass is 10.1. The van der Waals surface area contributed by atoms with Gasteiger partial charge in [-0.2, -0.15) is 0 Å². The van der Waals surface area contributed by atoms with Crippen molar-refractivity contribution in [1.82, 2.24) is 0 Å². The highest BCUT2D eigenvalue weighted by Gasteiger charge is 2.12. The van der Waals surface area contributed by atoms with E-state index in [-0.39, 0.29) is 18.3 Å². The first kappa shape index (κ1) is 11.8. The minimum atomic E-state index is -0.854. The molecule has 2 nitrogen and oxygen atoms in total. The van der Waals surface area contributed by atoms with Crippen LogP contribution < -0.4 is 0 Å². The summed E-state index contributed by atoms with van der Waals surface area (Å²) in [6, 6.07) is 2.85. The lowest BCUT2D eigenvalue weighted by Gasteiger charge is -2.07. The van der Waals surface area contributed by atoms with Crippen LogP contribution in [0.15, 0.2) is 18.2 Å². The van der Waals surface area contributed by atoms with Crippen LogP contribution in [-0.4, -0.2) is 18.5 Å².